The van der Waals surface area contributed by atoms with Crippen LogP contribution in [0.4, 0.5) is 9.93 Å². The number of ether oxygens (including phenoxy) is 4. The fraction of sp³-hybridized carbons (Fsp3) is 0.571. The summed E-state index contributed by atoms with van der Waals surface area (Å²) in [7, 11) is 2.77. The number of rotatable bonds is 11. The molecule has 1 amide bonds. The first-order valence-electron chi connectivity index (χ1n) is 11.1. The molecule has 2 aliphatic heterocycles. The molecular formula is C21H29N5O9S2. The van der Waals surface area contributed by atoms with Crippen molar-refractivity contribution in [2.75, 3.05) is 32.3 Å². The van der Waals surface area contributed by atoms with E-state index in [4.69, 9.17) is 29.5 Å². The van der Waals surface area contributed by atoms with Gasteiger partial charge >= 0.3 is 12.1 Å². The standard InChI is InChI=1S/C21H29N5O9S2/c1-9(2)33-21(30)35-10(3)34-19(29)15-11(6-31-4)7-36-18-14(17(28)26(15)18)24-16(27)13(25-32-5)12-8-37-20(22)23-12/h8-10,14,16,18,24,27H,6-7H2,1-5H3,(H2,22,23)/b25-13-. The van der Waals surface area contributed by atoms with Gasteiger partial charge in [-0.3, -0.25) is 15.0 Å². The minimum absolute atomic E-state index is 0.00567. The first-order chi connectivity index (χ1) is 17.6. The number of nitrogen functional groups attached to an aromatic ring is 1. The molecule has 0 aromatic carbocycles. The minimum Gasteiger partial charge on any atom is -0.431 e. The van der Waals surface area contributed by atoms with Crippen LogP contribution in [0.5, 0.6) is 0 Å². The Morgan fingerprint density at radius 3 is 2.62 bits per heavy atom. The van der Waals surface area contributed by atoms with Gasteiger partial charge in [-0.25, -0.2) is 14.6 Å². The van der Waals surface area contributed by atoms with E-state index in [0.717, 1.165) is 11.3 Å². The van der Waals surface area contributed by atoms with Crippen molar-refractivity contribution in [3.63, 3.8) is 0 Å². The number of nitrogens with one attached hydrogen (secondary N) is 1. The summed E-state index contributed by atoms with van der Waals surface area (Å²) >= 11 is 2.53. The molecule has 3 heterocycles. The number of nitrogens with zero attached hydrogens (tertiary/aromatic N) is 3. The van der Waals surface area contributed by atoms with Crippen LogP contribution in [0.3, 0.4) is 0 Å². The molecule has 0 spiro atoms. The van der Waals surface area contributed by atoms with E-state index in [1.807, 2.05) is 0 Å². The van der Waals surface area contributed by atoms with E-state index in [9.17, 15) is 19.5 Å². The van der Waals surface area contributed by atoms with E-state index in [-0.39, 0.29) is 23.1 Å². The number of anilines is 1. The summed E-state index contributed by atoms with van der Waals surface area (Å²) in [5, 5.41) is 18.7. The Kier molecular flexibility index (Phi) is 9.72. The summed E-state index contributed by atoms with van der Waals surface area (Å²) in [6.07, 6.45) is -4.10. The Hall–Kier alpha value is -2.92. The van der Waals surface area contributed by atoms with Gasteiger partial charge in [0, 0.05) is 25.2 Å². The van der Waals surface area contributed by atoms with Gasteiger partial charge in [-0.15, -0.1) is 23.1 Å². The van der Waals surface area contributed by atoms with Gasteiger partial charge in [-0.05, 0) is 19.4 Å². The molecule has 16 heteroatoms. The van der Waals surface area contributed by atoms with E-state index < -0.39 is 48.1 Å². The third-order valence-electron chi connectivity index (χ3n) is 5.00. The summed E-state index contributed by atoms with van der Waals surface area (Å²) in [4.78, 5) is 48.1. The zero-order valence-corrected chi connectivity index (χ0v) is 22.5. The molecule has 0 saturated carbocycles. The number of aromatic nitrogens is 1. The number of β-lactam (4-membered cyclic amide) rings is 1. The van der Waals surface area contributed by atoms with Crippen molar-refractivity contribution < 1.29 is 43.3 Å². The molecule has 2 aliphatic rings. The molecule has 1 aromatic heterocycles. The number of oxime groups is 1. The first kappa shape index (κ1) is 28.6. The number of thioether (sulfide) groups is 1. The van der Waals surface area contributed by atoms with E-state index >= 15 is 0 Å². The summed E-state index contributed by atoms with van der Waals surface area (Å²) in [6, 6.07) is -0.861. The highest BCUT2D eigenvalue weighted by atomic mass is 32.2. The number of carbonyl (C=O) groups excluding carboxylic acids is 3. The largest absolute Gasteiger partial charge is 0.511 e. The van der Waals surface area contributed by atoms with Crippen LogP contribution in [0, 0.1) is 0 Å². The van der Waals surface area contributed by atoms with E-state index in [0.29, 0.717) is 17.0 Å². The van der Waals surface area contributed by atoms with Gasteiger partial charge < -0.3 is 34.6 Å². The topological polar surface area (TPSA) is 184 Å². The van der Waals surface area contributed by atoms with E-state index in [2.05, 4.69) is 15.5 Å². The summed E-state index contributed by atoms with van der Waals surface area (Å²) in [6.45, 7) is 4.72. The second kappa shape index (κ2) is 12.6. The van der Waals surface area contributed by atoms with Crippen LogP contribution in [0.25, 0.3) is 0 Å². The van der Waals surface area contributed by atoms with Gasteiger partial charge in [-0.1, -0.05) is 5.16 Å². The van der Waals surface area contributed by atoms with Crippen LogP contribution < -0.4 is 11.1 Å². The van der Waals surface area contributed by atoms with Crippen LogP contribution in [0.1, 0.15) is 26.5 Å². The SMILES string of the molecule is COCC1=C(C(=O)OC(C)OC(=O)OC(C)C)N2C(=O)C(NC(O)/C(=N\OC)c3csc(N)n3)C2SC1. The smallest absolute Gasteiger partial charge is 0.431 e. The summed E-state index contributed by atoms with van der Waals surface area (Å²) in [5.41, 5.74) is 6.53. The van der Waals surface area contributed by atoms with Gasteiger partial charge in [0.2, 0.25) is 12.2 Å². The van der Waals surface area contributed by atoms with E-state index in [1.165, 1.54) is 37.8 Å². The lowest BCUT2D eigenvalue weighted by Gasteiger charge is -2.50. The van der Waals surface area contributed by atoms with Crippen molar-refractivity contribution in [1.82, 2.24) is 15.2 Å². The molecule has 0 bridgehead atoms. The van der Waals surface area contributed by atoms with E-state index in [1.54, 1.807) is 19.2 Å². The van der Waals surface area contributed by atoms with Crippen LogP contribution in [-0.2, 0) is 33.4 Å². The Bertz CT molecular complexity index is 1080. The average molecular weight is 560 g/mol. The second-order valence-corrected chi connectivity index (χ2v) is 10.1. The zero-order valence-electron chi connectivity index (χ0n) is 20.8. The molecule has 1 fully saturated rings. The fourth-order valence-corrected chi connectivity index (χ4v) is 5.45. The lowest BCUT2D eigenvalue weighted by atomic mass is 10.0. The maximum atomic E-state index is 13.1. The Morgan fingerprint density at radius 2 is 2.03 bits per heavy atom. The highest BCUT2D eigenvalue weighted by Crippen LogP contribution is 2.41. The van der Waals surface area contributed by atoms with Gasteiger partial charge in [0.15, 0.2) is 11.4 Å². The molecular weight excluding hydrogens is 530 g/mol. The van der Waals surface area contributed by atoms with Crippen molar-refractivity contribution in [3.05, 3.63) is 22.3 Å². The minimum atomic E-state index is -1.42. The van der Waals surface area contributed by atoms with Crippen LogP contribution >= 0.6 is 23.1 Å². The number of esters is 1. The predicted octanol–water partition coefficient (Wildman–Crippen LogP) is 0.619. The number of thiazole rings is 1. The molecule has 0 radical (unpaired) electrons. The number of aliphatic hydroxyl groups excluding tert-OH is 1. The molecule has 4 atom stereocenters. The quantitative estimate of drug-likeness (QED) is 0.113. The molecule has 1 aromatic rings. The number of fused-ring (bicyclic) bond motifs is 1. The fourth-order valence-electron chi connectivity index (χ4n) is 3.55. The summed E-state index contributed by atoms with van der Waals surface area (Å²) in [5.74, 6) is -0.999. The number of hydrogen-bond acceptors (Lipinski definition) is 15. The van der Waals surface area contributed by atoms with Gasteiger partial charge in [-0.2, -0.15) is 0 Å². The van der Waals surface area contributed by atoms with Crippen molar-refractivity contribution in [2.45, 2.75) is 50.8 Å². The third-order valence-corrected chi connectivity index (χ3v) is 7.01. The van der Waals surface area contributed by atoms with Crippen LogP contribution in [0.2, 0.25) is 0 Å². The Balaban J connectivity index is 1.73. The monoisotopic (exact) mass is 559 g/mol. The van der Waals surface area contributed by atoms with Crippen molar-refractivity contribution in [3.8, 4) is 0 Å². The molecule has 0 aliphatic carbocycles. The molecule has 3 rings (SSSR count). The number of nitrogens with two attached hydrogens (primary N) is 1. The predicted molar refractivity (Wildman–Crippen MR) is 133 cm³/mol. The van der Waals surface area contributed by atoms with Crippen molar-refractivity contribution in [1.29, 1.82) is 0 Å². The Labute approximate surface area is 221 Å². The first-order valence-corrected chi connectivity index (χ1v) is 13.0. The Morgan fingerprint density at radius 1 is 1.30 bits per heavy atom. The molecule has 1 saturated heterocycles. The number of methoxy groups -OCH3 is 1. The average Bonchev–Trinajstić information content (AvgIpc) is 3.25. The number of amides is 1. The normalized spacial score (nSPS) is 21.2. The summed E-state index contributed by atoms with van der Waals surface area (Å²) < 4.78 is 20.3. The van der Waals surface area contributed by atoms with Gasteiger partial charge in [0.1, 0.15) is 35.6 Å². The lowest BCUT2D eigenvalue weighted by Crippen LogP contribution is -2.71. The zero-order chi connectivity index (χ0) is 27.3. The van der Waals surface area contributed by atoms with Crippen LogP contribution in [-0.4, -0.2) is 95.4 Å². The number of hydrogen-bond donors (Lipinski definition) is 3. The number of carbonyl (C=O) groups is 3. The third kappa shape index (κ3) is 6.70. The number of aliphatic hydroxyl groups is 1. The lowest BCUT2D eigenvalue weighted by molar-refractivity contribution is -0.169. The van der Waals surface area contributed by atoms with Crippen molar-refractivity contribution in [2.24, 2.45) is 5.16 Å². The molecule has 4 N–H and O–H groups in total. The van der Waals surface area contributed by atoms with Gasteiger partial charge in [0.05, 0.1) is 12.7 Å². The second-order valence-electron chi connectivity index (χ2n) is 8.08. The molecule has 204 valence electrons. The van der Waals surface area contributed by atoms with Crippen LogP contribution in [0.15, 0.2) is 21.8 Å². The maximum Gasteiger partial charge on any atom is 0.511 e. The highest BCUT2D eigenvalue weighted by molar-refractivity contribution is 8.00. The highest BCUT2D eigenvalue weighted by Gasteiger charge is 2.54. The van der Waals surface area contributed by atoms with Crippen molar-refractivity contribution >= 4 is 52.0 Å². The molecule has 4 unspecified atom stereocenters. The maximum absolute atomic E-state index is 13.1. The molecule has 37 heavy (non-hydrogen) atoms. The van der Waals surface area contributed by atoms with Gasteiger partial charge in [0.25, 0.3) is 0 Å². The molecule has 14 nitrogen and oxygen atoms in total.